The average molecular weight is 207 g/mol. The van der Waals surface area contributed by atoms with Crippen LogP contribution in [0.15, 0.2) is 30.3 Å². The lowest BCUT2D eigenvalue weighted by atomic mass is 10.0. The van der Waals surface area contributed by atoms with Gasteiger partial charge in [-0.2, -0.15) is 0 Å². The highest BCUT2D eigenvalue weighted by molar-refractivity contribution is 5.66. The van der Waals surface area contributed by atoms with Crippen molar-refractivity contribution in [3.8, 4) is 0 Å². The molecule has 15 heavy (non-hydrogen) atoms. The summed E-state index contributed by atoms with van der Waals surface area (Å²) in [5, 5.41) is 8.48. The van der Waals surface area contributed by atoms with Gasteiger partial charge in [0, 0.05) is 12.5 Å². The fourth-order valence-corrected chi connectivity index (χ4v) is 1.53. The molecule has 1 aromatic rings. The Morgan fingerprint density at radius 1 is 1.33 bits per heavy atom. The van der Waals surface area contributed by atoms with Crippen molar-refractivity contribution < 1.29 is 9.90 Å². The van der Waals surface area contributed by atoms with E-state index in [2.05, 4.69) is 0 Å². The number of nitrogens with two attached hydrogens (primary N) is 1. The Morgan fingerprint density at radius 2 is 2.00 bits per heavy atom. The molecule has 0 heterocycles. The maximum atomic E-state index is 10.3. The number of rotatable bonds is 6. The van der Waals surface area contributed by atoms with Gasteiger partial charge in [0.25, 0.3) is 0 Å². The fourth-order valence-electron chi connectivity index (χ4n) is 1.53. The third-order valence-electron chi connectivity index (χ3n) is 2.31. The van der Waals surface area contributed by atoms with Crippen LogP contribution in [0.25, 0.3) is 0 Å². The number of hydrogen-bond acceptors (Lipinski definition) is 2. The SMILES string of the molecule is N[C@H](CCCC(=O)O)Cc1ccccc1. The van der Waals surface area contributed by atoms with E-state index >= 15 is 0 Å². The molecule has 0 saturated carbocycles. The zero-order valence-electron chi connectivity index (χ0n) is 8.73. The number of benzene rings is 1. The first-order chi connectivity index (χ1) is 7.18. The van der Waals surface area contributed by atoms with Gasteiger partial charge in [-0.05, 0) is 24.8 Å². The molecule has 3 nitrogen and oxygen atoms in total. The molecule has 0 saturated heterocycles. The molecule has 0 spiro atoms. The van der Waals surface area contributed by atoms with E-state index in [1.54, 1.807) is 0 Å². The van der Waals surface area contributed by atoms with Gasteiger partial charge in [0.15, 0.2) is 0 Å². The van der Waals surface area contributed by atoms with Crippen molar-refractivity contribution in [1.29, 1.82) is 0 Å². The molecule has 0 aliphatic heterocycles. The molecule has 1 aromatic carbocycles. The van der Waals surface area contributed by atoms with Gasteiger partial charge in [-0.25, -0.2) is 0 Å². The Labute approximate surface area is 89.9 Å². The summed E-state index contributed by atoms with van der Waals surface area (Å²) in [5.74, 6) is -0.748. The Hall–Kier alpha value is -1.35. The van der Waals surface area contributed by atoms with Crippen LogP contribution in [0.1, 0.15) is 24.8 Å². The molecular formula is C12H17NO2. The molecule has 0 aliphatic carbocycles. The first kappa shape index (κ1) is 11.7. The summed E-state index contributed by atoms with van der Waals surface area (Å²) in [5.41, 5.74) is 7.11. The summed E-state index contributed by atoms with van der Waals surface area (Å²) in [7, 11) is 0. The van der Waals surface area contributed by atoms with E-state index < -0.39 is 5.97 Å². The van der Waals surface area contributed by atoms with E-state index in [1.807, 2.05) is 30.3 Å². The summed E-state index contributed by atoms with van der Waals surface area (Å²) in [6.07, 6.45) is 2.45. The smallest absolute Gasteiger partial charge is 0.303 e. The minimum Gasteiger partial charge on any atom is -0.481 e. The normalized spacial score (nSPS) is 12.3. The molecule has 82 valence electrons. The lowest BCUT2D eigenvalue weighted by molar-refractivity contribution is -0.137. The molecule has 1 atom stereocenters. The van der Waals surface area contributed by atoms with Gasteiger partial charge in [-0.3, -0.25) is 4.79 Å². The molecule has 1 rings (SSSR count). The third kappa shape index (κ3) is 5.18. The fraction of sp³-hybridized carbons (Fsp3) is 0.417. The van der Waals surface area contributed by atoms with Crippen LogP contribution in [0.4, 0.5) is 0 Å². The summed E-state index contributed by atoms with van der Waals surface area (Å²) in [6.45, 7) is 0. The van der Waals surface area contributed by atoms with Crippen LogP contribution in [-0.2, 0) is 11.2 Å². The predicted molar refractivity (Wildman–Crippen MR) is 59.6 cm³/mol. The predicted octanol–water partition coefficient (Wildman–Crippen LogP) is 1.81. The van der Waals surface area contributed by atoms with Crippen LogP contribution in [0.5, 0.6) is 0 Å². The van der Waals surface area contributed by atoms with Gasteiger partial charge in [-0.1, -0.05) is 30.3 Å². The first-order valence-corrected chi connectivity index (χ1v) is 5.20. The van der Waals surface area contributed by atoms with Crippen LogP contribution in [0.3, 0.4) is 0 Å². The van der Waals surface area contributed by atoms with E-state index in [-0.39, 0.29) is 12.5 Å². The van der Waals surface area contributed by atoms with E-state index in [9.17, 15) is 4.79 Å². The second-order valence-electron chi connectivity index (χ2n) is 3.74. The van der Waals surface area contributed by atoms with E-state index in [4.69, 9.17) is 10.8 Å². The Balaban J connectivity index is 2.24. The van der Waals surface area contributed by atoms with Crippen molar-refractivity contribution in [3.63, 3.8) is 0 Å². The lowest BCUT2D eigenvalue weighted by Gasteiger charge is -2.10. The molecular weight excluding hydrogens is 190 g/mol. The van der Waals surface area contributed by atoms with Crippen molar-refractivity contribution in [1.82, 2.24) is 0 Å². The number of carboxylic acids is 1. The number of aliphatic carboxylic acids is 1. The van der Waals surface area contributed by atoms with Crippen molar-refractivity contribution in [3.05, 3.63) is 35.9 Å². The van der Waals surface area contributed by atoms with Crippen LogP contribution >= 0.6 is 0 Å². The maximum absolute atomic E-state index is 10.3. The minimum absolute atomic E-state index is 0.0618. The van der Waals surface area contributed by atoms with Crippen LogP contribution < -0.4 is 5.73 Å². The van der Waals surface area contributed by atoms with Gasteiger partial charge in [0.1, 0.15) is 0 Å². The average Bonchev–Trinajstić information content (AvgIpc) is 2.18. The molecule has 0 radical (unpaired) electrons. The summed E-state index contributed by atoms with van der Waals surface area (Å²) >= 11 is 0. The van der Waals surface area contributed by atoms with Gasteiger partial charge in [-0.15, -0.1) is 0 Å². The van der Waals surface area contributed by atoms with Crippen LogP contribution in [0, 0.1) is 0 Å². The highest BCUT2D eigenvalue weighted by Crippen LogP contribution is 2.06. The molecule has 0 amide bonds. The van der Waals surface area contributed by atoms with Gasteiger partial charge < -0.3 is 10.8 Å². The highest BCUT2D eigenvalue weighted by atomic mass is 16.4. The molecule has 0 unspecified atom stereocenters. The van der Waals surface area contributed by atoms with E-state index in [0.29, 0.717) is 6.42 Å². The van der Waals surface area contributed by atoms with Crippen molar-refractivity contribution in [2.24, 2.45) is 5.73 Å². The zero-order chi connectivity index (χ0) is 11.1. The second-order valence-corrected chi connectivity index (χ2v) is 3.74. The largest absolute Gasteiger partial charge is 0.481 e. The van der Waals surface area contributed by atoms with Crippen LogP contribution in [0.2, 0.25) is 0 Å². The monoisotopic (exact) mass is 207 g/mol. The van der Waals surface area contributed by atoms with Gasteiger partial charge >= 0.3 is 5.97 Å². The first-order valence-electron chi connectivity index (χ1n) is 5.20. The Bertz CT molecular complexity index is 298. The molecule has 3 heteroatoms. The van der Waals surface area contributed by atoms with Crippen molar-refractivity contribution in [2.75, 3.05) is 0 Å². The molecule has 0 aromatic heterocycles. The van der Waals surface area contributed by atoms with E-state index in [1.165, 1.54) is 5.56 Å². The highest BCUT2D eigenvalue weighted by Gasteiger charge is 2.05. The third-order valence-corrected chi connectivity index (χ3v) is 2.31. The number of carbonyl (C=O) groups is 1. The van der Waals surface area contributed by atoms with E-state index in [0.717, 1.165) is 12.8 Å². The Morgan fingerprint density at radius 3 is 2.60 bits per heavy atom. The van der Waals surface area contributed by atoms with Crippen molar-refractivity contribution >= 4 is 5.97 Å². The number of hydrogen-bond donors (Lipinski definition) is 2. The molecule has 0 aliphatic rings. The maximum Gasteiger partial charge on any atom is 0.303 e. The second kappa shape index (κ2) is 6.19. The van der Waals surface area contributed by atoms with Gasteiger partial charge in [0.05, 0.1) is 0 Å². The minimum atomic E-state index is -0.748. The summed E-state index contributed by atoms with van der Waals surface area (Å²) in [6, 6.07) is 10.1. The van der Waals surface area contributed by atoms with Gasteiger partial charge in [0.2, 0.25) is 0 Å². The Kier molecular flexibility index (Phi) is 4.84. The van der Waals surface area contributed by atoms with Crippen LogP contribution in [-0.4, -0.2) is 17.1 Å². The standard InChI is InChI=1S/C12H17NO2/c13-11(7-4-8-12(14)15)9-10-5-2-1-3-6-10/h1-3,5-6,11H,4,7-9,13H2,(H,14,15)/t11-/m1/s1. The zero-order valence-corrected chi connectivity index (χ0v) is 8.73. The molecule has 0 fully saturated rings. The van der Waals surface area contributed by atoms with Crippen molar-refractivity contribution in [2.45, 2.75) is 31.7 Å². The molecule has 0 bridgehead atoms. The summed E-state index contributed by atoms with van der Waals surface area (Å²) < 4.78 is 0. The quantitative estimate of drug-likeness (QED) is 0.747. The number of carboxylic acid groups (broad SMARTS) is 1. The topological polar surface area (TPSA) is 63.3 Å². The molecule has 3 N–H and O–H groups in total. The summed E-state index contributed by atoms with van der Waals surface area (Å²) in [4.78, 5) is 10.3. The lowest BCUT2D eigenvalue weighted by Crippen LogP contribution is -2.22.